The van der Waals surface area contributed by atoms with Crippen LogP contribution in [0.2, 0.25) is 0 Å². The standard InChI is InChI=1S/C14H22FNS/c1-5-9(2)8-17-14-6-10(3)13(15)7-12(14)11(4)16/h6-7,9,11H,5,8,16H2,1-4H3/t9?,11-/m0/s1. The van der Waals surface area contributed by atoms with Crippen LogP contribution in [0.1, 0.15) is 44.4 Å². The van der Waals surface area contributed by atoms with E-state index in [9.17, 15) is 4.39 Å². The monoisotopic (exact) mass is 255 g/mol. The van der Waals surface area contributed by atoms with E-state index in [2.05, 4.69) is 13.8 Å². The lowest BCUT2D eigenvalue weighted by Gasteiger charge is -2.15. The molecule has 96 valence electrons. The van der Waals surface area contributed by atoms with Crippen LogP contribution in [0, 0.1) is 18.7 Å². The van der Waals surface area contributed by atoms with E-state index >= 15 is 0 Å². The molecule has 0 aromatic heterocycles. The molecule has 1 nitrogen and oxygen atoms in total. The Morgan fingerprint density at radius 3 is 2.53 bits per heavy atom. The topological polar surface area (TPSA) is 26.0 Å². The number of rotatable bonds is 5. The van der Waals surface area contributed by atoms with Crippen LogP contribution in [0.15, 0.2) is 17.0 Å². The first-order valence-corrected chi connectivity index (χ1v) is 7.12. The lowest BCUT2D eigenvalue weighted by atomic mass is 10.1. The second-order valence-electron chi connectivity index (χ2n) is 4.75. The van der Waals surface area contributed by atoms with Crippen LogP contribution in [0.3, 0.4) is 0 Å². The highest BCUT2D eigenvalue weighted by Crippen LogP contribution is 2.30. The van der Waals surface area contributed by atoms with Gasteiger partial charge in [-0.05, 0) is 43.0 Å². The summed E-state index contributed by atoms with van der Waals surface area (Å²) in [5.74, 6) is 1.57. The van der Waals surface area contributed by atoms with Gasteiger partial charge < -0.3 is 5.73 Å². The van der Waals surface area contributed by atoms with Crippen LogP contribution in [0.5, 0.6) is 0 Å². The molecule has 0 heterocycles. The molecule has 2 atom stereocenters. The van der Waals surface area contributed by atoms with Crippen molar-refractivity contribution in [2.75, 3.05) is 5.75 Å². The molecule has 1 aromatic carbocycles. The third kappa shape index (κ3) is 4.00. The minimum absolute atomic E-state index is 0.121. The first kappa shape index (κ1) is 14.5. The number of halogens is 1. The van der Waals surface area contributed by atoms with E-state index in [-0.39, 0.29) is 11.9 Å². The van der Waals surface area contributed by atoms with Crippen LogP contribution in [-0.2, 0) is 0 Å². The average molecular weight is 255 g/mol. The number of aryl methyl sites for hydroxylation is 1. The number of nitrogens with two attached hydrogens (primary N) is 1. The molecule has 0 saturated heterocycles. The first-order chi connectivity index (χ1) is 7.95. The number of benzene rings is 1. The van der Waals surface area contributed by atoms with Crippen molar-refractivity contribution in [3.05, 3.63) is 29.1 Å². The molecular weight excluding hydrogens is 233 g/mol. The average Bonchev–Trinajstić information content (AvgIpc) is 2.29. The summed E-state index contributed by atoms with van der Waals surface area (Å²) < 4.78 is 13.5. The molecule has 0 amide bonds. The van der Waals surface area contributed by atoms with Gasteiger partial charge in [-0.2, -0.15) is 0 Å². The predicted molar refractivity (Wildman–Crippen MR) is 73.9 cm³/mol. The molecule has 3 heteroatoms. The smallest absolute Gasteiger partial charge is 0.126 e. The van der Waals surface area contributed by atoms with E-state index in [1.54, 1.807) is 24.8 Å². The van der Waals surface area contributed by atoms with Crippen molar-refractivity contribution in [3.63, 3.8) is 0 Å². The Labute approximate surface area is 108 Å². The van der Waals surface area contributed by atoms with Crippen molar-refractivity contribution in [1.82, 2.24) is 0 Å². The molecule has 0 saturated carbocycles. The molecule has 1 aromatic rings. The molecule has 0 spiro atoms. The Balaban J connectivity index is 2.92. The van der Waals surface area contributed by atoms with Crippen LogP contribution in [0.4, 0.5) is 4.39 Å². The molecule has 0 aliphatic heterocycles. The van der Waals surface area contributed by atoms with Crippen molar-refractivity contribution in [2.45, 2.75) is 45.1 Å². The summed E-state index contributed by atoms with van der Waals surface area (Å²) in [4.78, 5) is 1.12. The second-order valence-corrected chi connectivity index (χ2v) is 5.81. The van der Waals surface area contributed by atoms with Crippen molar-refractivity contribution >= 4 is 11.8 Å². The number of hydrogen-bond donors (Lipinski definition) is 1. The van der Waals surface area contributed by atoms with E-state index < -0.39 is 0 Å². The molecule has 0 radical (unpaired) electrons. The normalized spacial score (nSPS) is 14.7. The third-order valence-corrected chi connectivity index (χ3v) is 4.40. The van der Waals surface area contributed by atoms with Crippen LogP contribution < -0.4 is 5.73 Å². The Morgan fingerprint density at radius 2 is 2.00 bits per heavy atom. The highest BCUT2D eigenvalue weighted by Gasteiger charge is 2.12. The number of thioether (sulfide) groups is 1. The lowest BCUT2D eigenvalue weighted by molar-refractivity contribution is 0.609. The van der Waals surface area contributed by atoms with Gasteiger partial charge in [-0.25, -0.2) is 4.39 Å². The lowest BCUT2D eigenvalue weighted by Crippen LogP contribution is -2.08. The molecule has 1 unspecified atom stereocenters. The molecule has 0 fully saturated rings. The van der Waals surface area contributed by atoms with Crippen LogP contribution >= 0.6 is 11.8 Å². The Hall–Kier alpha value is -0.540. The summed E-state index contributed by atoms with van der Waals surface area (Å²) in [7, 11) is 0. The Kier molecular flexibility index (Phi) is 5.47. The molecule has 0 aliphatic carbocycles. The van der Waals surface area contributed by atoms with Gasteiger partial charge in [0.05, 0.1) is 0 Å². The van der Waals surface area contributed by atoms with Gasteiger partial charge in [0.25, 0.3) is 0 Å². The van der Waals surface area contributed by atoms with Crippen molar-refractivity contribution in [3.8, 4) is 0 Å². The van der Waals surface area contributed by atoms with Gasteiger partial charge in [-0.3, -0.25) is 0 Å². The maximum absolute atomic E-state index is 13.5. The third-order valence-electron chi connectivity index (χ3n) is 3.00. The van der Waals surface area contributed by atoms with E-state index in [4.69, 9.17) is 5.73 Å². The fourth-order valence-corrected chi connectivity index (χ4v) is 2.87. The maximum Gasteiger partial charge on any atom is 0.126 e. The molecule has 17 heavy (non-hydrogen) atoms. The van der Waals surface area contributed by atoms with E-state index in [1.807, 2.05) is 13.0 Å². The largest absolute Gasteiger partial charge is 0.324 e. The van der Waals surface area contributed by atoms with Crippen LogP contribution in [-0.4, -0.2) is 5.75 Å². The minimum Gasteiger partial charge on any atom is -0.324 e. The molecule has 0 bridgehead atoms. The van der Waals surface area contributed by atoms with Gasteiger partial charge in [0, 0.05) is 16.7 Å². The summed E-state index contributed by atoms with van der Waals surface area (Å²) in [5, 5.41) is 0. The fraction of sp³-hybridized carbons (Fsp3) is 0.571. The SMILES string of the molecule is CCC(C)CSc1cc(C)c(F)cc1[C@H](C)N. The molecule has 0 aliphatic rings. The van der Waals surface area contributed by atoms with E-state index in [0.29, 0.717) is 11.5 Å². The van der Waals surface area contributed by atoms with Crippen LogP contribution in [0.25, 0.3) is 0 Å². The van der Waals surface area contributed by atoms with Crippen molar-refractivity contribution in [1.29, 1.82) is 0 Å². The Morgan fingerprint density at radius 1 is 1.35 bits per heavy atom. The zero-order chi connectivity index (χ0) is 13.0. The molecular formula is C14H22FNS. The summed E-state index contributed by atoms with van der Waals surface area (Å²) >= 11 is 1.78. The Bertz CT molecular complexity index is 377. The summed E-state index contributed by atoms with van der Waals surface area (Å²) in [6.45, 7) is 8.12. The first-order valence-electron chi connectivity index (χ1n) is 6.14. The predicted octanol–water partition coefficient (Wildman–Crippen LogP) is 4.29. The van der Waals surface area contributed by atoms with Gasteiger partial charge >= 0.3 is 0 Å². The zero-order valence-electron chi connectivity index (χ0n) is 11.1. The van der Waals surface area contributed by atoms with Gasteiger partial charge in [-0.1, -0.05) is 20.3 Å². The van der Waals surface area contributed by atoms with Gasteiger partial charge in [0.15, 0.2) is 0 Å². The summed E-state index contributed by atoms with van der Waals surface area (Å²) in [6, 6.07) is 3.38. The second kappa shape index (κ2) is 6.41. The highest BCUT2D eigenvalue weighted by atomic mass is 32.2. The van der Waals surface area contributed by atoms with Crippen molar-refractivity contribution < 1.29 is 4.39 Å². The fourth-order valence-electron chi connectivity index (χ4n) is 1.50. The molecule has 2 N–H and O–H groups in total. The maximum atomic E-state index is 13.5. The highest BCUT2D eigenvalue weighted by molar-refractivity contribution is 7.99. The molecule has 1 rings (SSSR count). The van der Waals surface area contributed by atoms with Gasteiger partial charge in [0.2, 0.25) is 0 Å². The van der Waals surface area contributed by atoms with E-state index in [1.165, 1.54) is 6.42 Å². The van der Waals surface area contributed by atoms with Gasteiger partial charge in [0.1, 0.15) is 5.82 Å². The summed E-state index contributed by atoms with van der Waals surface area (Å²) in [6.07, 6.45) is 1.17. The quantitative estimate of drug-likeness (QED) is 0.794. The minimum atomic E-state index is -0.162. The number of hydrogen-bond acceptors (Lipinski definition) is 2. The van der Waals surface area contributed by atoms with E-state index in [0.717, 1.165) is 16.2 Å². The zero-order valence-corrected chi connectivity index (χ0v) is 11.9. The van der Waals surface area contributed by atoms with Gasteiger partial charge in [-0.15, -0.1) is 11.8 Å². The van der Waals surface area contributed by atoms with Crippen molar-refractivity contribution in [2.24, 2.45) is 11.7 Å². The summed E-state index contributed by atoms with van der Waals surface area (Å²) in [5.41, 5.74) is 7.51.